The van der Waals surface area contributed by atoms with E-state index in [9.17, 15) is 10.1 Å². The molecule has 0 aliphatic carbocycles. The van der Waals surface area contributed by atoms with Crippen LogP contribution in [0.2, 0.25) is 0 Å². The molecule has 0 radical (unpaired) electrons. The van der Waals surface area contributed by atoms with E-state index >= 15 is 0 Å². The van der Waals surface area contributed by atoms with Crippen molar-refractivity contribution in [2.45, 2.75) is 46.8 Å². The number of alkyl carbamates (subject to hydrolysis) is 1. The molecule has 0 unspecified atom stereocenters. The fourth-order valence-corrected chi connectivity index (χ4v) is 2.98. The smallest absolute Gasteiger partial charge is 0.407 e. The lowest BCUT2D eigenvalue weighted by Gasteiger charge is -2.27. The lowest BCUT2D eigenvalue weighted by atomic mass is 9.93. The number of halogens is 1. The molecule has 5 nitrogen and oxygen atoms in total. The zero-order valence-electron chi connectivity index (χ0n) is 15.3. The summed E-state index contributed by atoms with van der Waals surface area (Å²) in [6.07, 6.45) is 1.45. The van der Waals surface area contributed by atoms with Gasteiger partial charge in [-0.05, 0) is 32.9 Å². The third kappa shape index (κ3) is 5.23. The molecule has 134 valence electrons. The first-order valence-electron chi connectivity index (χ1n) is 8.16. The Balaban J connectivity index is 2.15. The van der Waals surface area contributed by atoms with Gasteiger partial charge in [0.25, 0.3) is 0 Å². The molecular formula is C19H24BrN3O2. The van der Waals surface area contributed by atoms with Crippen LogP contribution in [0.1, 0.15) is 40.2 Å². The summed E-state index contributed by atoms with van der Waals surface area (Å²) in [7, 11) is 0. The summed E-state index contributed by atoms with van der Waals surface area (Å²) in [5.74, 6) is 0. The average Bonchev–Trinajstić information content (AvgIpc) is 2.80. The number of nitrogens with zero attached hydrogens (tertiary/aromatic N) is 2. The maximum atomic E-state index is 11.9. The number of aromatic nitrogens is 1. The van der Waals surface area contributed by atoms with Crippen LogP contribution in [0.5, 0.6) is 0 Å². The van der Waals surface area contributed by atoms with Gasteiger partial charge in [0.2, 0.25) is 0 Å². The first-order valence-corrected chi connectivity index (χ1v) is 8.95. The number of hydrogen-bond acceptors (Lipinski definition) is 3. The molecule has 1 aromatic carbocycles. The molecule has 2 rings (SSSR count). The molecule has 0 aliphatic rings. The highest BCUT2D eigenvalue weighted by Gasteiger charge is 2.23. The van der Waals surface area contributed by atoms with E-state index in [0.29, 0.717) is 18.7 Å². The van der Waals surface area contributed by atoms with Crippen LogP contribution in [0.3, 0.4) is 0 Å². The van der Waals surface area contributed by atoms with Crippen molar-refractivity contribution in [1.29, 1.82) is 5.26 Å². The standard InChI is InChI=1S/C19H24BrN3O2/c1-18(2,3)25-17(24)22-11-19(4,5)12-23-10-13(9-21)15-7-6-14(20)8-16(15)23/h6-8,10H,11-12H2,1-5H3,(H,22,24). The summed E-state index contributed by atoms with van der Waals surface area (Å²) in [4.78, 5) is 11.9. The van der Waals surface area contributed by atoms with Gasteiger partial charge < -0.3 is 14.6 Å². The molecule has 0 aliphatic heterocycles. The SMILES string of the molecule is CC(C)(CNC(=O)OC(C)(C)C)Cn1cc(C#N)c2ccc(Br)cc21. The number of nitrogens with one attached hydrogen (secondary N) is 1. The molecule has 6 heteroatoms. The Morgan fingerprint density at radius 1 is 1.32 bits per heavy atom. The second-order valence-corrected chi connectivity index (χ2v) is 8.88. The van der Waals surface area contributed by atoms with E-state index in [-0.39, 0.29) is 5.41 Å². The van der Waals surface area contributed by atoms with Crippen molar-refractivity contribution >= 4 is 32.9 Å². The number of carbonyl (C=O) groups is 1. The summed E-state index contributed by atoms with van der Waals surface area (Å²) in [6.45, 7) is 10.8. The van der Waals surface area contributed by atoms with E-state index in [2.05, 4.69) is 45.7 Å². The quantitative estimate of drug-likeness (QED) is 0.791. The summed E-state index contributed by atoms with van der Waals surface area (Å²) in [5, 5.41) is 13.1. The van der Waals surface area contributed by atoms with Gasteiger partial charge in [0.15, 0.2) is 0 Å². The minimum absolute atomic E-state index is 0.210. The molecule has 2 aromatic rings. The highest BCUT2D eigenvalue weighted by molar-refractivity contribution is 9.10. The third-order valence-corrected chi connectivity index (χ3v) is 4.17. The fourth-order valence-electron chi connectivity index (χ4n) is 2.63. The predicted octanol–water partition coefficient (Wildman–Crippen LogP) is 4.83. The second kappa shape index (κ2) is 7.09. The van der Waals surface area contributed by atoms with Crippen molar-refractivity contribution in [1.82, 2.24) is 9.88 Å². The Hall–Kier alpha value is -2.00. The monoisotopic (exact) mass is 405 g/mol. The molecule has 0 fully saturated rings. The molecule has 0 atom stereocenters. The molecule has 1 N–H and O–H groups in total. The van der Waals surface area contributed by atoms with E-state index in [4.69, 9.17) is 4.74 Å². The van der Waals surface area contributed by atoms with Crippen molar-refractivity contribution in [3.05, 3.63) is 34.4 Å². The van der Waals surface area contributed by atoms with E-state index in [0.717, 1.165) is 15.4 Å². The lowest BCUT2D eigenvalue weighted by molar-refractivity contribution is 0.0503. The highest BCUT2D eigenvalue weighted by Crippen LogP contribution is 2.28. The van der Waals surface area contributed by atoms with Gasteiger partial charge in [0.05, 0.1) is 11.1 Å². The normalized spacial score (nSPS) is 12.0. The molecule has 1 heterocycles. The largest absolute Gasteiger partial charge is 0.444 e. The summed E-state index contributed by atoms with van der Waals surface area (Å²) >= 11 is 3.49. The van der Waals surface area contributed by atoms with E-state index in [1.807, 2.05) is 45.2 Å². The highest BCUT2D eigenvalue weighted by atomic mass is 79.9. The van der Waals surface area contributed by atoms with Crippen molar-refractivity contribution in [2.24, 2.45) is 5.41 Å². The van der Waals surface area contributed by atoms with Gasteiger partial charge in [-0.15, -0.1) is 0 Å². The summed E-state index contributed by atoms with van der Waals surface area (Å²) in [5.41, 5.74) is 0.922. The van der Waals surface area contributed by atoms with Gasteiger partial charge in [0, 0.05) is 34.6 Å². The maximum absolute atomic E-state index is 11.9. The van der Waals surface area contributed by atoms with Crippen molar-refractivity contribution in [3.63, 3.8) is 0 Å². The van der Waals surface area contributed by atoms with Crippen molar-refractivity contribution < 1.29 is 9.53 Å². The van der Waals surface area contributed by atoms with Crippen LogP contribution in [0, 0.1) is 16.7 Å². The van der Waals surface area contributed by atoms with Gasteiger partial charge in [0.1, 0.15) is 11.7 Å². The van der Waals surface area contributed by atoms with Crippen LogP contribution in [0.15, 0.2) is 28.9 Å². The fraction of sp³-hybridized carbons (Fsp3) is 0.474. The first kappa shape index (κ1) is 19.3. The molecule has 0 saturated heterocycles. The predicted molar refractivity (Wildman–Crippen MR) is 102 cm³/mol. The van der Waals surface area contributed by atoms with E-state index in [1.165, 1.54) is 0 Å². The second-order valence-electron chi connectivity index (χ2n) is 7.96. The summed E-state index contributed by atoms with van der Waals surface area (Å²) < 4.78 is 8.32. The van der Waals surface area contributed by atoms with Crippen LogP contribution >= 0.6 is 15.9 Å². The Morgan fingerprint density at radius 3 is 2.60 bits per heavy atom. The van der Waals surface area contributed by atoms with Gasteiger partial charge in [-0.3, -0.25) is 0 Å². The molecule has 1 aromatic heterocycles. The number of amides is 1. The number of carbonyl (C=O) groups excluding carboxylic acids is 1. The zero-order chi connectivity index (χ0) is 18.8. The Kier molecular flexibility index (Phi) is 5.48. The van der Waals surface area contributed by atoms with Crippen molar-refractivity contribution in [2.75, 3.05) is 6.54 Å². The van der Waals surface area contributed by atoms with E-state index < -0.39 is 11.7 Å². The Labute approximate surface area is 157 Å². The lowest BCUT2D eigenvalue weighted by Crippen LogP contribution is -2.39. The first-order chi connectivity index (χ1) is 11.5. The van der Waals surface area contributed by atoms with Gasteiger partial charge in [-0.2, -0.15) is 5.26 Å². The zero-order valence-corrected chi connectivity index (χ0v) is 16.9. The third-order valence-electron chi connectivity index (χ3n) is 3.67. The van der Waals surface area contributed by atoms with Gasteiger partial charge >= 0.3 is 6.09 Å². The van der Waals surface area contributed by atoms with Crippen LogP contribution < -0.4 is 5.32 Å². The van der Waals surface area contributed by atoms with Crippen molar-refractivity contribution in [3.8, 4) is 6.07 Å². The molecular weight excluding hydrogens is 382 g/mol. The minimum atomic E-state index is -0.515. The number of rotatable bonds is 4. The topological polar surface area (TPSA) is 67.0 Å². The number of nitriles is 1. The van der Waals surface area contributed by atoms with Crippen LogP contribution in [0.4, 0.5) is 4.79 Å². The van der Waals surface area contributed by atoms with Gasteiger partial charge in [-0.1, -0.05) is 35.8 Å². The van der Waals surface area contributed by atoms with E-state index in [1.54, 1.807) is 0 Å². The Morgan fingerprint density at radius 2 is 2.00 bits per heavy atom. The Bertz CT molecular complexity index is 826. The molecule has 25 heavy (non-hydrogen) atoms. The molecule has 0 saturated carbocycles. The van der Waals surface area contributed by atoms with Crippen LogP contribution in [-0.2, 0) is 11.3 Å². The molecule has 1 amide bonds. The number of fused-ring (bicyclic) bond motifs is 1. The molecule has 0 spiro atoms. The molecule has 0 bridgehead atoms. The van der Waals surface area contributed by atoms with Gasteiger partial charge in [-0.25, -0.2) is 4.79 Å². The van der Waals surface area contributed by atoms with Crippen LogP contribution in [0.25, 0.3) is 10.9 Å². The minimum Gasteiger partial charge on any atom is -0.444 e. The maximum Gasteiger partial charge on any atom is 0.407 e. The number of benzene rings is 1. The summed E-state index contributed by atoms with van der Waals surface area (Å²) in [6, 6.07) is 8.13. The average molecular weight is 406 g/mol. The number of ether oxygens (including phenoxy) is 1. The number of hydrogen-bond donors (Lipinski definition) is 1. The van der Waals surface area contributed by atoms with Crippen LogP contribution in [-0.4, -0.2) is 22.8 Å².